The number of hydrogen-bond donors (Lipinski definition) is 1. The summed E-state index contributed by atoms with van der Waals surface area (Å²) in [5.74, 6) is -0.240. The Kier molecular flexibility index (Phi) is 3.90. The number of aryl methyl sites for hydroxylation is 1. The summed E-state index contributed by atoms with van der Waals surface area (Å²) in [6, 6.07) is 7.82. The highest BCUT2D eigenvalue weighted by atomic mass is 16.2. The largest absolute Gasteiger partial charge is 0.324 e. The molecule has 90 valence electrons. The summed E-state index contributed by atoms with van der Waals surface area (Å²) in [6.45, 7) is 7.45. The van der Waals surface area contributed by atoms with Gasteiger partial charge in [-0.2, -0.15) is 5.26 Å². The van der Waals surface area contributed by atoms with Crippen molar-refractivity contribution in [1.29, 1.82) is 5.26 Å². The molecule has 1 aromatic rings. The lowest BCUT2D eigenvalue weighted by molar-refractivity contribution is -0.122. The molecule has 3 heteroatoms. The molecule has 0 aliphatic rings. The lowest BCUT2D eigenvalue weighted by Gasteiger charge is -2.19. The lowest BCUT2D eigenvalue weighted by atomic mass is 9.88. The second-order valence-corrected chi connectivity index (χ2v) is 4.50. The second kappa shape index (κ2) is 5.01. The number of hydrogen-bond acceptors (Lipinski definition) is 2. The van der Waals surface area contributed by atoms with Crippen LogP contribution in [-0.2, 0) is 4.79 Å². The van der Waals surface area contributed by atoms with Crippen LogP contribution in [0, 0.1) is 30.6 Å². The molecule has 1 rings (SSSR count). The van der Waals surface area contributed by atoms with E-state index < -0.39 is 5.41 Å². The van der Waals surface area contributed by atoms with E-state index in [0.29, 0.717) is 6.42 Å². The predicted octanol–water partition coefficient (Wildman–Crippen LogP) is 3.18. The Bertz CT molecular complexity index is 474. The third-order valence-electron chi connectivity index (χ3n) is 3.31. The van der Waals surface area contributed by atoms with Gasteiger partial charge in [-0.15, -0.1) is 0 Å². The highest BCUT2D eigenvalue weighted by Gasteiger charge is 2.31. The summed E-state index contributed by atoms with van der Waals surface area (Å²) in [5, 5.41) is 11.9. The Morgan fingerprint density at radius 3 is 2.65 bits per heavy atom. The first-order valence-corrected chi connectivity index (χ1v) is 5.73. The third-order valence-corrected chi connectivity index (χ3v) is 3.31. The van der Waals surface area contributed by atoms with E-state index in [4.69, 9.17) is 5.26 Å². The maximum atomic E-state index is 12.0. The highest BCUT2D eigenvalue weighted by Crippen LogP contribution is 2.24. The Morgan fingerprint density at radius 2 is 2.12 bits per heavy atom. The first-order chi connectivity index (χ1) is 7.94. The van der Waals surface area contributed by atoms with E-state index in [1.54, 1.807) is 6.92 Å². The van der Waals surface area contributed by atoms with E-state index in [-0.39, 0.29) is 5.91 Å². The topological polar surface area (TPSA) is 52.9 Å². The molecule has 0 aliphatic heterocycles. The summed E-state index contributed by atoms with van der Waals surface area (Å²) in [5.41, 5.74) is 1.98. The van der Waals surface area contributed by atoms with Crippen LogP contribution in [0.4, 0.5) is 5.69 Å². The third kappa shape index (κ3) is 2.65. The normalized spacial score (nSPS) is 13.6. The van der Waals surface area contributed by atoms with Crippen LogP contribution in [0.1, 0.15) is 31.4 Å². The number of carbonyl (C=O) groups excluding carboxylic acids is 1. The predicted molar refractivity (Wildman–Crippen MR) is 68.6 cm³/mol. The smallest absolute Gasteiger partial charge is 0.244 e. The molecule has 0 heterocycles. The number of nitriles is 1. The molecule has 3 nitrogen and oxygen atoms in total. The van der Waals surface area contributed by atoms with E-state index in [2.05, 4.69) is 11.4 Å². The molecule has 1 aromatic carbocycles. The number of nitrogens with one attached hydrogen (secondary N) is 1. The van der Waals surface area contributed by atoms with Crippen molar-refractivity contribution in [3.05, 3.63) is 29.3 Å². The molecule has 1 atom stereocenters. The fourth-order valence-electron chi connectivity index (χ4n) is 1.44. The molecular weight excluding hydrogens is 212 g/mol. The molecule has 0 bridgehead atoms. The van der Waals surface area contributed by atoms with Gasteiger partial charge in [-0.05, 0) is 44.4 Å². The van der Waals surface area contributed by atoms with Gasteiger partial charge in [-0.25, -0.2) is 0 Å². The molecule has 17 heavy (non-hydrogen) atoms. The van der Waals surface area contributed by atoms with Crippen molar-refractivity contribution in [2.45, 2.75) is 34.1 Å². The molecule has 0 fully saturated rings. The Morgan fingerprint density at radius 1 is 1.47 bits per heavy atom. The Labute approximate surface area is 102 Å². The van der Waals surface area contributed by atoms with Gasteiger partial charge in [0, 0.05) is 5.69 Å². The van der Waals surface area contributed by atoms with E-state index in [0.717, 1.165) is 16.8 Å². The summed E-state index contributed by atoms with van der Waals surface area (Å²) >= 11 is 0. The van der Waals surface area contributed by atoms with E-state index in [1.807, 2.05) is 39.0 Å². The quantitative estimate of drug-likeness (QED) is 0.867. The fraction of sp³-hybridized carbons (Fsp3) is 0.429. The molecule has 0 saturated heterocycles. The van der Waals surface area contributed by atoms with Gasteiger partial charge in [0.2, 0.25) is 5.91 Å². The zero-order valence-corrected chi connectivity index (χ0v) is 10.8. The van der Waals surface area contributed by atoms with Crippen LogP contribution in [0.3, 0.4) is 0 Å². The van der Waals surface area contributed by atoms with Crippen molar-refractivity contribution < 1.29 is 4.79 Å². The zero-order valence-electron chi connectivity index (χ0n) is 10.8. The van der Waals surface area contributed by atoms with Gasteiger partial charge in [-0.3, -0.25) is 4.79 Å². The molecular formula is C14H18N2O. The van der Waals surface area contributed by atoms with Crippen LogP contribution in [-0.4, -0.2) is 5.91 Å². The van der Waals surface area contributed by atoms with Gasteiger partial charge in [-0.1, -0.05) is 19.1 Å². The average molecular weight is 230 g/mol. The van der Waals surface area contributed by atoms with Crippen molar-refractivity contribution in [3.8, 4) is 6.07 Å². The van der Waals surface area contributed by atoms with Crippen LogP contribution in [0.15, 0.2) is 18.2 Å². The summed E-state index contributed by atoms with van der Waals surface area (Å²) in [7, 11) is 0. The van der Waals surface area contributed by atoms with Gasteiger partial charge in [0.25, 0.3) is 0 Å². The fourth-order valence-corrected chi connectivity index (χ4v) is 1.44. The van der Waals surface area contributed by atoms with Crippen LogP contribution in [0.5, 0.6) is 0 Å². The lowest BCUT2D eigenvalue weighted by Crippen LogP contribution is -2.31. The van der Waals surface area contributed by atoms with Crippen molar-refractivity contribution in [2.24, 2.45) is 5.41 Å². The molecule has 0 saturated carbocycles. The van der Waals surface area contributed by atoms with E-state index >= 15 is 0 Å². The molecule has 0 aliphatic carbocycles. The Balaban J connectivity index is 2.97. The highest BCUT2D eigenvalue weighted by molar-refractivity contribution is 5.97. The minimum Gasteiger partial charge on any atom is -0.324 e. The van der Waals surface area contributed by atoms with Gasteiger partial charge in [0.1, 0.15) is 5.41 Å². The molecule has 0 radical (unpaired) electrons. The summed E-state index contributed by atoms with van der Waals surface area (Å²) in [4.78, 5) is 12.0. The average Bonchev–Trinajstić information content (AvgIpc) is 2.33. The number of amides is 1. The van der Waals surface area contributed by atoms with Crippen molar-refractivity contribution >= 4 is 11.6 Å². The van der Waals surface area contributed by atoms with Gasteiger partial charge in [0.05, 0.1) is 6.07 Å². The summed E-state index contributed by atoms with van der Waals surface area (Å²) in [6.07, 6.45) is 0.500. The first-order valence-electron chi connectivity index (χ1n) is 5.73. The van der Waals surface area contributed by atoms with E-state index in [9.17, 15) is 4.79 Å². The van der Waals surface area contributed by atoms with Gasteiger partial charge in [0.15, 0.2) is 0 Å². The molecule has 0 aromatic heterocycles. The van der Waals surface area contributed by atoms with Crippen LogP contribution in [0.25, 0.3) is 0 Å². The Hall–Kier alpha value is -1.82. The monoisotopic (exact) mass is 230 g/mol. The van der Waals surface area contributed by atoms with Gasteiger partial charge >= 0.3 is 0 Å². The zero-order chi connectivity index (χ0) is 13.1. The standard InChI is InChI=1S/C14H18N2O/c1-5-14(4,9-15)13(17)16-12-8-6-7-10(2)11(12)3/h6-8H,5H2,1-4H3,(H,16,17). The van der Waals surface area contributed by atoms with Crippen molar-refractivity contribution in [3.63, 3.8) is 0 Å². The number of anilines is 1. The SMILES string of the molecule is CCC(C)(C#N)C(=O)Nc1cccc(C)c1C. The number of carbonyl (C=O) groups is 1. The molecule has 1 unspecified atom stereocenters. The minimum atomic E-state index is -0.962. The van der Waals surface area contributed by atoms with Crippen LogP contribution in [0.2, 0.25) is 0 Å². The second-order valence-electron chi connectivity index (χ2n) is 4.50. The number of rotatable bonds is 3. The maximum Gasteiger partial charge on any atom is 0.244 e. The molecule has 0 spiro atoms. The van der Waals surface area contributed by atoms with Crippen LogP contribution < -0.4 is 5.32 Å². The van der Waals surface area contributed by atoms with Crippen molar-refractivity contribution in [2.75, 3.05) is 5.32 Å². The first kappa shape index (κ1) is 13.2. The number of nitrogens with zero attached hydrogens (tertiary/aromatic N) is 1. The molecule has 1 amide bonds. The van der Waals surface area contributed by atoms with Gasteiger partial charge < -0.3 is 5.32 Å². The maximum absolute atomic E-state index is 12.0. The van der Waals surface area contributed by atoms with Crippen LogP contribution >= 0.6 is 0 Å². The van der Waals surface area contributed by atoms with Crippen molar-refractivity contribution in [1.82, 2.24) is 0 Å². The molecule has 1 N–H and O–H groups in total. The minimum absolute atomic E-state index is 0.240. The summed E-state index contributed by atoms with van der Waals surface area (Å²) < 4.78 is 0. The number of benzene rings is 1. The van der Waals surface area contributed by atoms with E-state index in [1.165, 1.54) is 0 Å².